The third kappa shape index (κ3) is 5.55. The maximum absolute atomic E-state index is 12.4. The second-order valence-corrected chi connectivity index (χ2v) is 8.12. The Morgan fingerprint density at radius 3 is 2.93 bits per heavy atom. The number of thioether (sulfide) groups is 1. The van der Waals surface area contributed by atoms with Crippen LogP contribution in [0.4, 0.5) is 0 Å². The van der Waals surface area contributed by atoms with Crippen molar-refractivity contribution in [1.29, 1.82) is 0 Å². The molecule has 2 N–H and O–H groups in total. The number of rotatable bonds is 6. The zero-order valence-electron chi connectivity index (χ0n) is 16.5. The summed E-state index contributed by atoms with van der Waals surface area (Å²) in [6.07, 6.45) is 2.78. The van der Waals surface area contributed by atoms with E-state index in [-0.39, 0.29) is 5.91 Å². The van der Waals surface area contributed by atoms with E-state index in [0.717, 1.165) is 36.1 Å². The molecule has 1 unspecified atom stereocenters. The van der Waals surface area contributed by atoms with Gasteiger partial charge in [0, 0.05) is 43.2 Å². The van der Waals surface area contributed by atoms with E-state index >= 15 is 0 Å². The first-order valence-corrected chi connectivity index (χ1v) is 10.7. The van der Waals surface area contributed by atoms with E-state index in [9.17, 15) is 4.79 Å². The lowest BCUT2D eigenvalue weighted by Crippen LogP contribution is -2.47. The molecule has 0 aliphatic carbocycles. The molecule has 0 radical (unpaired) electrons. The molecule has 1 atom stereocenters. The lowest BCUT2D eigenvalue weighted by Gasteiger charge is -2.34. The van der Waals surface area contributed by atoms with Gasteiger partial charge < -0.3 is 20.0 Å². The minimum absolute atomic E-state index is 0.110. The molecule has 6 nitrogen and oxygen atoms in total. The second-order valence-electron chi connectivity index (χ2n) is 6.71. The van der Waals surface area contributed by atoms with Crippen molar-refractivity contribution in [3.8, 4) is 0 Å². The van der Waals surface area contributed by atoms with E-state index in [2.05, 4.69) is 27.4 Å². The van der Waals surface area contributed by atoms with Crippen molar-refractivity contribution in [1.82, 2.24) is 15.5 Å². The monoisotopic (exact) mass is 400 g/mol. The van der Waals surface area contributed by atoms with Gasteiger partial charge in [-0.15, -0.1) is 0 Å². The largest absolute Gasteiger partial charge is 0.467 e. The molecule has 1 fully saturated rings. The highest BCUT2D eigenvalue weighted by atomic mass is 32.2. The number of benzene rings is 1. The Labute approximate surface area is 170 Å². The third-order valence-corrected chi connectivity index (χ3v) is 6.12. The molecule has 1 amide bonds. The molecule has 1 aromatic heterocycles. The van der Waals surface area contributed by atoms with Crippen LogP contribution in [0, 0.1) is 0 Å². The van der Waals surface area contributed by atoms with Gasteiger partial charge in [-0.1, -0.05) is 19.1 Å². The van der Waals surface area contributed by atoms with E-state index in [0.29, 0.717) is 23.9 Å². The smallest absolute Gasteiger partial charge is 0.251 e. The number of hydrogen-bond acceptors (Lipinski definition) is 4. The maximum Gasteiger partial charge on any atom is 0.251 e. The minimum Gasteiger partial charge on any atom is -0.467 e. The molecular formula is C21H28N4O2S. The van der Waals surface area contributed by atoms with Crippen LogP contribution in [0.1, 0.15) is 35.0 Å². The highest BCUT2D eigenvalue weighted by Crippen LogP contribution is 2.21. The van der Waals surface area contributed by atoms with Gasteiger partial charge in [0.2, 0.25) is 0 Å². The van der Waals surface area contributed by atoms with Crippen molar-refractivity contribution in [3.63, 3.8) is 0 Å². The fraction of sp³-hybridized carbons (Fsp3) is 0.429. The molecule has 0 bridgehead atoms. The van der Waals surface area contributed by atoms with Crippen molar-refractivity contribution in [2.45, 2.75) is 31.7 Å². The first kappa shape index (κ1) is 20.3. The summed E-state index contributed by atoms with van der Waals surface area (Å²) in [5.74, 6) is 2.68. The van der Waals surface area contributed by atoms with Crippen LogP contribution in [-0.4, -0.2) is 47.9 Å². The summed E-state index contributed by atoms with van der Waals surface area (Å²) in [6.45, 7) is 5.28. The third-order valence-electron chi connectivity index (χ3n) is 4.75. The molecule has 1 aliphatic rings. The molecule has 1 aromatic carbocycles. The van der Waals surface area contributed by atoms with Crippen molar-refractivity contribution in [2.75, 3.05) is 25.9 Å². The van der Waals surface area contributed by atoms with Gasteiger partial charge in [-0.25, -0.2) is 0 Å². The first-order chi connectivity index (χ1) is 13.7. The SMILES string of the molecule is CCC1CN(C(=NC)NCc2cccc(C(=O)NCc3ccco3)c2)CCS1. The Hall–Kier alpha value is -2.41. The van der Waals surface area contributed by atoms with Crippen LogP contribution in [0.3, 0.4) is 0 Å². The number of hydrogen-bond donors (Lipinski definition) is 2. The lowest BCUT2D eigenvalue weighted by atomic mass is 10.1. The molecule has 1 aliphatic heterocycles. The van der Waals surface area contributed by atoms with E-state index in [1.165, 1.54) is 6.42 Å². The summed E-state index contributed by atoms with van der Waals surface area (Å²) in [5.41, 5.74) is 1.69. The zero-order valence-corrected chi connectivity index (χ0v) is 17.3. The molecule has 3 rings (SSSR count). The molecule has 7 heteroatoms. The Kier molecular flexibility index (Phi) is 7.42. The van der Waals surface area contributed by atoms with Gasteiger partial charge >= 0.3 is 0 Å². The summed E-state index contributed by atoms with van der Waals surface area (Å²) in [4.78, 5) is 19.2. The minimum atomic E-state index is -0.110. The summed E-state index contributed by atoms with van der Waals surface area (Å²) in [5, 5.41) is 6.98. The molecule has 0 spiro atoms. The molecule has 2 heterocycles. The van der Waals surface area contributed by atoms with Crippen LogP contribution in [0.2, 0.25) is 0 Å². The zero-order chi connectivity index (χ0) is 19.8. The fourth-order valence-corrected chi connectivity index (χ4v) is 4.36. The van der Waals surface area contributed by atoms with Crippen LogP contribution in [0.5, 0.6) is 0 Å². The van der Waals surface area contributed by atoms with E-state index in [1.54, 1.807) is 6.26 Å². The van der Waals surface area contributed by atoms with Crippen LogP contribution >= 0.6 is 11.8 Å². The Bertz CT molecular complexity index is 791. The van der Waals surface area contributed by atoms with Gasteiger partial charge in [0.25, 0.3) is 5.91 Å². The molecule has 150 valence electrons. The molecule has 28 heavy (non-hydrogen) atoms. The average Bonchev–Trinajstić information content (AvgIpc) is 3.26. The van der Waals surface area contributed by atoms with E-state index in [4.69, 9.17) is 4.42 Å². The highest BCUT2D eigenvalue weighted by Gasteiger charge is 2.21. The van der Waals surface area contributed by atoms with Crippen LogP contribution in [-0.2, 0) is 13.1 Å². The Balaban J connectivity index is 1.55. The number of nitrogens with one attached hydrogen (secondary N) is 2. The lowest BCUT2D eigenvalue weighted by molar-refractivity contribution is 0.0948. The Morgan fingerprint density at radius 1 is 1.29 bits per heavy atom. The van der Waals surface area contributed by atoms with Gasteiger partial charge in [-0.2, -0.15) is 11.8 Å². The second kappa shape index (κ2) is 10.2. The summed E-state index contributed by atoms with van der Waals surface area (Å²) >= 11 is 2.04. The van der Waals surface area contributed by atoms with Crippen molar-refractivity contribution in [3.05, 3.63) is 59.5 Å². The van der Waals surface area contributed by atoms with Crippen LogP contribution < -0.4 is 10.6 Å². The quantitative estimate of drug-likeness (QED) is 0.576. The number of aliphatic imine (C=N–C) groups is 1. The summed E-state index contributed by atoms with van der Waals surface area (Å²) < 4.78 is 5.25. The molecule has 2 aromatic rings. The average molecular weight is 401 g/mol. The predicted octanol–water partition coefficient (Wildman–Crippen LogP) is 3.11. The van der Waals surface area contributed by atoms with Gasteiger partial charge in [-0.3, -0.25) is 9.79 Å². The number of amides is 1. The van der Waals surface area contributed by atoms with E-state index in [1.807, 2.05) is 55.2 Å². The van der Waals surface area contributed by atoms with Crippen LogP contribution in [0.15, 0.2) is 52.1 Å². The fourth-order valence-electron chi connectivity index (χ4n) is 3.18. The van der Waals surface area contributed by atoms with Crippen molar-refractivity contribution in [2.24, 2.45) is 4.99 Å². The number of nitrogens with zero attached hydrogens (tertiary/aromatic N) is 2. The number of furan rings is 1. The van der Waals surface area contributed by atoms with Gasteiger partial charge in [0.05, 0.1) is 12.8 Å². The van der Waals surface area contributed by atoms with Gasteiger partial charge in [0.1, 0.15) is 5.76 Å². The van der Waals surface area contributed by atoms with Gasteiger partial charge in [-0.05, 0) is 36.2 Å². The predicted molar refractivity (Wildman–Crippen MR) is 115 cm³/mol. The first-order valence-electron chi connectivity index (χ1n) is 9.66. The Morgan fingerprint density at radius 2 is 2.18 bits per heavy atom. The standard InChI is InChI=1S/C21H28N4O2S/c1-3-19-15-25(9-11-28-19)21(22-2)24-13-16-6-4-7-17(12-16)20(26)23-14-18-8-5-10-27-18/h4-8,10,12,19H,3,9,11,13-15H2,1-2H3,(H,22,24)(H,23,26). The van der Waals surface area contributed by atoms with Crippen molar-refractivity contribution < 1.29 is 9.21 Å². The normalized spacial score (nSPS) is 17.4. The summed E-state index contributed by atoms with van der Waals surface area (Å²) in [6, 6.07) is 11.3. The highest BCUT2D eigenvalue weighted by molar-refractivity contribution is 8.00. The topological polar surface area (TPSA) is 69.9 Å². The molecular weight excluding hydrogens is 372 g/mol. The van der Waals surface area contributed by atoms with E-state index < -0.39 is 0 Å². The molecule has 1 saturated heterocycles. The number of guanidine groups is 1. The van der Waals surface area contributed by atoms with Crippen molar-refractivity contribution >= 4 is 23.6 Å². The van der Waals surface area contributed by atoms with Gasteiger partial charge in [0.15, 0.2) is 5.96 Å². The molecule has 0 saturated carbocycles. The summed E-state index contributed by atoms with van der Waals surface area (Å²) in [7, 11) is 1.82. The van der Waals surface area contributed by atoms with Crippen LogP contribution in [0.25, 0.3) is 0 Å². The number of carbonyl (C=O) groups is 1. The number of carbonyl (C=O) groups excluding carboxylic acids is 1. The maximum atomic E-state index is 12.4.